The van der Waals surface area contributed by atoms with E-state index >= 15 is 0 Å². The van der Waals surface area contributed by atoms with Gasteiger partial charge in [0.05, 0.1) is 11.0 Å². The maximum Gasteiger partial charge on any atom is 0.125 e. The van der Waals surface area contributed by atoms with E-state index in [2.05, 4.69) is 4.98 Å². The lowest BCUT2D eigenvalue weighted by Crippen LogP contribution is -2.06. The number of benzene rings is 1. The number of halogens is 2. The molecule has 0 unspecified atom stereocenters. The Morgan fingerprint density at radius 3 is 3.00 bits per heavy atom. The smallest absolute Gasteiger partial charge is 0.125 e. The van der Waals surface area contributed by atoms with Crippen molar-refractivity contribution in [3.63, 3.8) is 0 Å². The molecule has 1 aromatic heterocycles. The zero-order chi connectivity index (χ0) is 13.0. The van der Waals surface area contributed by atoms with Crippen LogP contribution >= 0.6 is 11.6 Å². The summed E-state index contributed by atoms with van der Waals surface area (Å²) >= 11 is 5.78. The quantitative estimate of drug-likeness (QED) is 0.596. The first kappa shape index (κ1) is 13.3. The number of hydrogen-bond donors (Lipinski definition) is 0. The van der Waals surface area contributed by atoms with E-state index in [9.17, 15) is 4.39 Å². The van der Waals surface area contributed by atoms with Crippen LogP contribution in [0.2, 0.25) is 0 Å². The van der Waals surface area contributed by atoms with Gasteiger partial charge in [-0.3, -0.25) is 0 Å². The van der Waals surface area contributed by atoms with Crippen molar-refractivity contribution in [2.24, 2.45) is 0 Å². The summed E-state index contributed by atoms with van der Waals surface area (Å²) < 4.78 is 20.4. The molecule has 0 radical (unpaired) electrons. The first-order valence-electron chi connectivity index (χ1n) is 5.96. The molecule has 0 fully saturated rings. The molecule has 0 N–H and O–H groups in total. The molecule has 1 heterocycles. The van der Waals surface area contributed by atoms with E-state index in [1.165, 1.54) is 12.1 Å². The van der Waals surface area contributed by atoms with Gasteiger partial charge in [-0.05, 0) is 24.6 Å². The lowest BCUT2D eigenvalue weighted by molar-refractivity contribution is 0.190. The van der Waals surface area contributed by atoms with Crippen LogP contribution in [0.5, 0.6) is 0 Å². The van der Waals surface area contributed by atoms with Crippen LogP contribution in [0.25, 0.3) is 11.0 Å². The van der Waals surface area contributed by atoms with Crippen molar-refractivity contribution in [1.29, 1.82) is 0 Å². The second-order valence-corrected chi connectivity index (χ2v) is 4.48. The number of fused-ring (bicyclic) bond motifs is 1. The zero-order valence-corrected chi connectivity index (χ0v) is 11.1. The highest BCUT2D eigenvalue weighted by Crippen LogP contribution is 2.18. The van der Waals surface area contributed by atoms with Crippen molar-refractivity contribution in [3.05, 3.63) is 29.8 Å². The van der Waals surface area contributed by atoms with Crippen LogP contribution < -0.4 is 0 Å². The molecule has 3 nitrogen and oxygen atoms in total. The average Bonchev–Trinajstić information content (AvgIpc) is 2.68. The lowest BCUT2D eigenvalue weighted by Gasteiger charge is -2.08. The summed E-state index contributed by atoms with van der Waals surface area (Å²) in [6.07, 6.45) is 1.55. The number of aromatic nitrogens is 2. The number of methoxy groups -OCH3 is 1. The van der Waals surface area contributed by atoms with E-state index in [-0.39, 0.29) is 5.82 Å². The number of rotatable bonds is 6. The third kappa shape index (κ3) is 2.82. The fraction of sp³-hybridized carbons (Fsp3) is 0.462. The highest BCUT2D eigenvalue weighted by atomic mass is 35.5. The Morgan fingerprint density at radius 1 is 1.44 bits per heavy atom. The van der Waals surface area contributed by atoms with Gasteiger partial charge in [0, 0.05) is 32.6 Å². The van der Waals surface area contributed by atoms with Gasteiger partial charge in [-0.1, -0.05) is 0 Å². The van der Waals surface area contributed by atoms with E-state index in [0.717, 1.165) is 29.8 Å². The molecule has 0 amide bonds. The molecular formula is C13H16ClFN2O. The molecule has 1 aromatic carbocycles. The summed E-state index contributed by atoms with van der Waals surface area (Å²) in [5.41, 5.74) is 1.64. The van der Waals surface area contributed by atoms with Crippen molar-refractivity contribution in [1.82, 2.24) is 9.55 Å². The van der Waals surface area contributed by atoms with Gasteiger partial charge in [0.1, 0.15) is 11.6 Å². The first-order valence-corrected chi connectivity index (χ1v) is 6.49. The van der Waals surface area contributed by atoms with E-state index in [4.69, 9.17) is 16.3 Å². The highest BCUT2D eigenvalue weighted by Gasteiger charge is 2.10. The molecule has 0 atom stereocenters. The standard InChI is InChI=1S/C13H16ClFN2O/c1-18-8-2-7-17-12-9-10(15)3-4-11(12)16-13(17)5-6-14/h3-4,9H,2,5-8H2,1H3. The molecular weight excluding hydrogens is 255 g/mol. The highest BCUT2D eigenvalue weighted by molar-refractivity contribution is 6.17. The summed E-state index contributed by atoms with van der Waals surface area (Å²) in [4.78, 5) is 4.49. The van der Waals surface area contributed by atoms with Gasteiger partial charge in [0.2, 0.25) is 0 Å². The Labute approximate surface area is 111 Å². The van der Waals surface area contributed by atoms with Gasteiger partial charge >= 0.3 is 0 Å². The third-order valence-electron chi connectivity index (χ3n) is 2.84. The molecule has 2 aromatic rings. The van der Waals surface area contributed by atoms with Gasteiger partial charge < -0.3 is 9.30 Å². The summed E-state index contributed by atoms with van der Waals surface area (Å²) in [6, 6.07) is 4.65. The molecule has 0 spiro atoms. The first-order chi connectivity index (χ1) is 8.76. The molecule has 0 saturated carbocycles. The van der Waals surface area contributed by atoms with Crippen LogP contribution in [0.1, 0.15) is 12.2 Å². The fourth-order valence-corrected chi connectivity index (χ4v) is 2.21. The second-order valence-electron chi connectivity index (χ2n) is 4.10. The SMILES string of the molecule is COCCCn1c(CCCl)nc2ccc(F)cc21. The number of ether oxygens (including phenoxy) is 1. The Morgan fingerprint density at radius 2 is 2.28 bits per heavy atom. The van der Waals surface area contributed by atoms with E-state index in [0.29, 0.717) is 18.9 Å². The summed E-state index contributed by atoms with van der Waals surface area (Å²) in [6.45, 7) is 1.44. The third-order valence-corrected chi connectivity index (χ3v) is 3.03. The Hall–Kier alpha value is -1.13. The molecule has 0 aliphatic rings. The van der Waals surface area contributed by atoms with E-state index in [1.54, 1.807) is 13.2 Å². The Kier molecular flexibility index (Phi) is 4.55. The normalized spacial score (nSPS) is 11.3. The molecule has 98 valence electrons. The number of aryl methyl sites for hydroxylation is 2. The fourth-order valence-electron chi connectivity index (χ4n) is 2.04. The van der Waals surface area contributed by atoms with Crippen LogP contribution in [-0.2, 0) is 17.7 Å². The van der Waals surface area contributed by atoms with Crippen molar-refractivity contribution in [2.45, 2.75) is 19.4 Å². The minimum Gasteiger partial charge on any atom is -0.385 e. The second kappa shape index (κ2) is 6.16. The Balaban J connectivity index is 2.36. The predicted molar refractivity (Wildman–Crippen MR) is 70.6 cm³/mol. The van der Waals surface area contributed by atoms with Crippen LogP contribution in [-0.4, -0.2) is 29.1 Å². The average molecular weight is 271 g/mol. The Bertz CT molecular complexity index is 527. The lowest BCUT2D eigenvalue weighted by atomic mass is 10.3. The van der Waals surface area contributed by atoms with Gasteiger partial charge in [0.15, 0.2) is 0 Å². The largest absolute Gasteiger partial charge is 0.385 e. The van der Waals surface area contributed by atoms with Crippen molar-refractivity contribution >= 4 is 22.6 Å². The predicted octanol–water partition coefficient (Wildman–Crippen LogP) is 2.99. The van der Waals surface area contributed by atoms with Gasteiger partial charge in [0.25, 0.3) is 0 Å². The monoisotopic (exact) mass is 270 g/mol. The van der Waals surface area contributed by atoms with Crippen molar-refractivity contribution < 1.29 is 9.13 Å². The maximum atomic E-state index is 13.3. The maximum absolute atomic E-state index is 13.3. The summed E-state index contributed by atoms with van der Waals surface area (Å²) in [5, 5.41) is 0. The number of imidazole rings is 1. The van der Waals surface area contributed by atoms with Crippen LogP contribution in [0.15, 0.2) is 18.2 Å². The molecule has 0 saturated heterocycles. The van der Waals surface area contributed by atoms with E-state index in [1.807, 2.05) is 4.57 Å². The number of hydrogen-bond acceptors (Lipinski definition) is 2. The minimum absolute atomic E-state index is 0.243. The van der Waals surface area contributed by atoms with Gasteiger partial charge in [-0.25, -0.2) is 9.37 Å². The van der Waals surface area contributed by atoms with Crippen molar-refractivity contribution in [3.8, 4) is 0 Å². The zero-order valence-electron chi connectivity index (χ0n) is 10.3. The summed E-state index contributed by atoms with van der Waals surface area (Å²) in [5.74, 6) is 1.17. The topological polar surface area (TPSA) is 27.1 Å². The van der Waals surface area contributed by atoms with Crippen LogP contribution in [0.4, 0.5) is 4.39 Å². The summed E-state index contributed by atoms with van der Waals surface area (Å²) in [7, 11) is 1.67. The molecule has 5 heteroatoms. The molecule has 0 aliphatic heterocycles. The number of nitrogens with zero attached hydrogens (tertiary/aromatic N) is 2. The molecule has 2 rings (SSSR count). The van der Waals surface area contributed by atoms with E-state index < -0.39 is 0 Å². The van der Waals surface area contributed by atoms with Gasteiger partial charge in [-0.15, -0.1) is 11.6 Å². The van der Waals surface area contributed by atoms with Crippen LogP contribution in [0, 0.1) is 5.82 Å². The molecule has 18 heavy (non-hydrogen) atoms. The van der Waals surface area contributed by atoms with Gasteiger partial charge in [-0.2, -0.15) is 0 Å². The molecule has 0 bridgehead atoms. The minimum atomic E-state index is -0.243. The van der Waals surface area contributed by atoms with Crippen molar-refractivity contribution in [2.75, 3.05) is 19.6 Å². The molecule has 0 aliphatic carbocycles. The van der Waals surface area contributed by atoms with Crippen LogP contribution in [0.3, 0.4) is 0 Å². The number of alkyl halides is 1.